The van der Waals surface area contributed by atoms with E-state index in [1.807, 2.05) is 72.8 Å². The van der Waals surface area contributed by atoms with Crippen molar-refractivity contribution in [1.29, 1.82) is 0 Å². The van der Waals surface area contributed by atoms with Gasteiger partial charge in [-0.1, -0.05) is 49.7 Å². The molecule has 0 amide bonds. The van der Waals surface area contributed by atoms with Crippen molar-refractivity contribution in [3.8, 4) is 23.3 Å². The highest BCUT2D eigenvalue weighted by Gasteiger charge is 2.24. The van der Waals surface area contributed by atoms with Gasteiger partial charge in [-0.15, -0.1) is 5.10 Å². The molecule has 264 valence electrons. The van der Waals surface area contributed by atoms with E-state index in [-0.39, 0.29) is 6.01 Å². The predicted molar refractivity (Wildman–Crippen MR) is 193 cm³/mol. The first-order valence-electron chi connectivity index (χ1n) is 17.6. The number of hydrogen-bond acceptors (Lipinski definition) is 10. The first-order chi connectivity index (χ1) is 24.5. The quantitative estimate of drug-likeness (QED) is 0.104. The van der Waals surface area contributed by atoms with Crippen molar-refractivity contribution in [2.75, 3.05) is 52.0 Å². The number of aliphatic hydroxyl groups is 1. The predicted octanol–water partition coefficient (Wildman–Crippen LogP) is 6.47. The van der Waals surface area contributed by atoms with Crippen LogP contribution in [0.15, 0.2) is 79.0 Å². The number of benzene rings is 3. The van der Waals surface area contributed by atoms with Crippen LogP contribution >= 0.6 is 0 Å². The zero-order valence-corrected chi connectivity index (χ0v) is 29.3. The third-order valence-electron chi connectivity index (χ3n) is 9.01. The van der Waals surface area contributed by atoms with Crippen LogP contribution in [-0.4, -0.2) is 76.7 Å². The van der Waals surface area contributed by atoms with Crippen LogP contribution in [0.3, 0.4) is 0 Å². The standard InChI is InChI=1S/C39H48N6O5/c1-4-5-24-50-39-41-38(44(27-29-9-15-32(47-2)16-10-29)28-30-11-17-33(48-3)18-12-30)37-40-26-35(45(37)42-39)36(46)31-13-19-34(20-14-31)49-25-8-23-43-21-6-7-22-43/h9-20,26,36,46H,4-8,21-25,27-28H2,1-3H3. The number of aliphatic hydroxyl groups excluding tert-OH is 1. The summed E-state index contributed by atoms with van der Waals surface area (Å²) < 4.78 is 24.5. The summed E-state index contributed by atoms with van der Waals surface area (Å²) in [5.41, 5.74) is 3.86. The Hall–Kier alpha value is -4.87. The number of rotatable bonds is 18. The molecule has 0 aliphatic carbocycles. The van der Waals surface area contributed by atoms with Gasteiger partial charge < -0.3 is 33.9 Å². The maximum atomic E-state index is 11.7. The fourth-order valence-electron chi connectivity index (χ4n) is 6.14. The van der Waals surface area contributed by atoms with Crippen molar-refractivity contribution in [1.82, 2.24) is 24.5 Å². The van der Waals surface area contributed by atoms with Gasteiger partial charge in [0, 0.05) is 19.6 Å². The van der Waals surface area contributed by atoms with Crippen LogP contribution in [0.5, 0.6) is 23.3 Å². The average Bonchev–Trinajstić information content (AvgIpc) is 3.84. The lowest BCUT2D eigenvalue weighted by Crippen LogP contribution is -2.25. The van der Waals surface area contributed by atoms with Gasteiger partial charge in [0.05, 0.1) is 39.3 Å². The Balaban J connectivity index is 1.29. The SMILES string of the molecule is CCCCOc1nc(N(Cc2ccc(OC)cc2)Cc2ccc(OC)cc2)c2ncc(C(O)c3ccc(OCCCN4CCCC4)cc3)n2n1. The van der Waals surface area contributed by atoms with E-state index in [0.717, 1.165) is 54.2 Å². The molecule has 0 spiro atoms. The van der Waals surface area contributed by atoms with E-state index in [2.05, 4.69) is 16.7 Å². The number of aromatic nitrogens is 4. The number of methoxy groups -OCH3 is 2. The van der Waals surface area contributed by atoms with E-state index < -0.39 is 6.10 Å². The number of hydrogen-bond donors (Lipinski definition) is 1. The van der Waals surface area contributed by atoms with Gasteiger partial charge in [-0.05, 0) is 91.9 Å². The number of anilines is 1. The number of likely N-dealkylation sites (tertiary alicyclic amines) is 1. The smallest absolute Gasteiger partial charge is 0.336 e. The normalized spacial score (nSPS) is 13.8. The fourth-order valence-corrected chi connectivity index (χ4v) is 6.14. The molecule has 11 heteroatoms. The Kier molecular flexibility index (Phi) is 12.0. The van der Waals surface area contributed by atoms with Gasteiger partial charge in [0.15, 0.2) is 11.5 Å². The minimum absolute atomic E-state index is 0.222. The zero-order chi connectivity index (χ0) is 34.7. The van der Waals surface area contributed by atoms with Crippen molar-refractivity contribution in [2.24, 2.45) is 0 Å². The number of unbranched alkanes of at least 4 members (excludes halogenated alkanes) is 1. The molecule has 3 heterocycles. The highest BCUT2D eigenvalue weighted by atomic mass is 16.5. The summed E-state index contributed by atoms with van der Waals surface area (Å²) in [4.78, 5) is 14.3. The summed E-state index contributed by atoms with van der Waals surface area (Å²) in [6.07, 6.45) is 6.10. The summed E-state index contributed by atoms with van der Waals surface area (Å²) in [5.74, 6) is 2.95. The second-order valence-corrected chi connectivity index (χ2v) is 12.6. The monoisotopic (exact) mass is 680 g/mol. The number of fused-ring (bicyclic) bond motifs is 1. The molecule has 1 saturated heterocycles. The van der Waals surface area contributed by atoms with Gasteiger partial charge >= 0.3 is 6.01 Å². The van der Waals surface area contributed by atoms with E-state index in [1.165, 1.54) is 25.9 Å². The first-order valence-corrected chi connectivity index (χ1v) is 17.6. The van der Waals surface area contributed by atoms with E-state index in [1.54, 1.807) is 24.9 Å². The highest BCUT2D eigenvalue weighted by molar-refractivity contribution is 5.65. The van der Waals surface area contributed by atoms with Gasteiger partial charge in [0.25, 0.3) is 0 Å². The number of imidazole rings is 1. The molecule has 50 heavy (non-hydrogen) atoms. The van der Waals surface area contributed by atoms with Crippen molar-refractivity contribution < 1.29 is 24.1 Å². The third-order valence-corrected chi connectivity index (χ3v) is 9.01. The van der Waals surface area contributed by atoms with Crippen LogP contribution in [0.25, 0.3) is 5.65 Å². The maximum absolute atomic E-state index is 11.7. The van der Waals surface area contributed by atoms with E-state index >= 15 is 0 Å². The van der Waals surface area contributed by atoms with Crippen molar-refractivity contribution in [2.45, 2.75) is 58.2 Å². The molecule has 5 aromatic rings. The van der Waals surface area contributed by atoms with Crippen molar-refractivity contribution >= 4 is 11.5 Å². The topological polar surface area (TPSA) is 107 Å². The molecule has 11 nitrogen and oxygen atoms in total. The average molecular weight is 681 g/mol. The summed E-state index contributed by atoms with van der Waals surface area (Å²) >= 11 is 0. The minimum Gasteiger partial charge on any atom is -0.497 e. The van der Waals surface area contributed by atoms with Crippen molar-refractivity contribution in [3.63, 3.8) is 0 Å². The zero-order valence-electron chi connectivity index (χ0n) is 29.3. The minimum atomic E-state index is -0.989. The van der Waals surface area contributed by atoms with E-state index in [9.17, 15) is 5.11 Å². The molecule has 0 radical (unpaired) electrons. The fraction of sp³-hybridized carbons (Fsp3) is 0.410. The second-order valence-electron chi connectivity index (χ2n) is 12.6. The molecule has 1 fully saturated rings. The van der Waals surface area contributed by atoms with Crippen LogP contribution < -0.4 is 23.8 Å². The number of nitrogens with zero attached hydrogens (tertiary/aromatic N) is 6. The lowest BCUT2D eigenvalue weighted by atomic mass is 10.1. The molecule has 1 aliphatic rings. The summed E-state index contributed by atoms with van der Waals surface area (Å²) in [5, 5.41) is 16.4. The van der Waals surface area contributed by atoms with Gasteiger partial charge in [-0.25, -0.2) is 9.50 Å². The molecule has 1 atom stereocenters. The maximum Gasteiger partial charge on any atom is 0.336 e. The van der Waals surface area contributed by atoms with Crippen LogP contribution in [0.1, 0.15) is 67.5 Å². The van der Waals surface area contributed by atoms with Crippen LogP contribution in [0.4, 0.5) is 5.82 Å². The molecular formula is C39H48N6O5. The molecule has 1 N–H and O–H groups in total. The van der Waals surface area contributed by atoms with Crippen LogP contribution in [0, 0.1) is 0 Å². The Morgan fingerprint density at radius 2 is 1.38 bits per heavy atom. The summed E-state index contributed by atoms with van der Waals surface area (Å²) in [7, 11) is 3.32. The number of ether oxygens (including phenoxy) is 4. The van der Waals surface area contributed by atoms with Gasteiger partial charge in [0.2, 0.25) is 0 Å². The lowest BCUT2D eigenvalue weighted by Gasteiger charge is -2.25. The van der Waals surface area contributed by atoms with E-state index in [4.69, 9.17) is 34.0 Å². The van der Waals surface area contributed by atoms with Gasteiger partial charge in [-0.3, -0.25) is 0 Å². The van der Waals surface area contributed by atoms with Crippen LogP contribution in [0.2, 0.25) is 0 Å². The molecule has 1 unspecified atom stereocenters. The highest BCUT2D eigenvalue weighted by Crippen LogP contribution is 2.30. The third kappa shape index (κ3) is 8.83. The largest absolute Gasteiger partial charge is 0.497 e. The van der Waals surface area contributed by atoms with Gasteiger partial charge in [-0.2, -0.15) is 4.98 Å². The summed E-state index contributed by atoms with van der Waals surface area (Å²) in [6.45, 7) is 7.76. The second kappa shape index (κ2) is 17.2. The molecule has 0 bridgehead atoms. The molecule has 3 aromatic carbocycles. The Morgan fingerprint density at radius 1 is 0.780 bits per heavy atom. The Labute approximate surface area is 294 Å². The molecule has 2 aromatic heterocycles. The molecule has 1 aliphatic heterocycles. The summed E-state index contributed by atoms with van der Waals surface area (Å²) in [6, 6.07) is 23.8. The van der Waals surface area contributed by atoms with Gasteiger partial charge in [0.1, 0.15) is 23.4 Å². The lowest BCUT2D eigenvalue weighted by molar-refractivity contribution is 0.211. The van der Waals surface area contributed by atoms with Crippen LogP contribution in [-0.2, 0) is 13.1 Å². The molecular weight excluding hydrogens is 632 g/mol. The first kappa shape index (κ1) is 35.0. The Morgan fingerprint density at radius 3 is 1.98 bits per heavy atom. The van der Waals surface area contributed by atoms with Crippen molar-refractivity contribution in [3.05, 3.63) is 101 Å². The van der Waals surface area contributed by atoms with E-state index in [0.29, 0.717) is 49.0 Å². The Bertz CT molecular complexity index is 1720. The molecule has 6 rings (SSSR count). The molecule has 0 saturated carbocycles.